The van der Waals surface area contributed by atoms with E-state index in [-0.39, 0.29) is 17.4 Å². The molecule has 3 rings (SSSR count). The fourth-order valence-corrected chi connectivity index (χ4v) is 6.33. The normalized spacial score (nSPS) is 32.4. The Bertz CT molecular complexity index is 760. The lowest BCUT2D eigenvalue weighted by atomic mass is 9.84. The van der Waals surface area contributed by atoms with Crippen molar-refractivity contribution in [3.05, 3.63) is 30.3 Å². The lowest BCUT2D eigenvalue weighted by Crippen LogP contribution is -2.59. The van der Waals surface area contributed by atoms with Crippen LogP contribution in [-0.4, -0.2) is 42.5 Å². The molecule has 1 aromatic carbocycles. The average molecular weight is 352 g/mol. The molecule has 0 bridgehead atoms. The van der Waals surface area contributed by atoms with Crippen LogP contribution in [0.5, 0.6) is 0 Å². The zero-order valence-corrected chi connectivity index (χ0v) is 15.2. The van der Waals surface area contributed by atoms with Crippen molar-refractivity contribution in [1.29, 1.82) is 0 Å². The minimum atomic E-state index is -3.84. The van der Waals surface area contributed by atoms with Gasteiger partial charge in [0.15, 0.2) is 15.1 Å². The van der Waals surface area contributed by atoms with Crippen molar-refractivity contribution in [2.45, 2.75) is 49.2 Å². The predicted molar refractivity (Wildman–Crippen MR) is 89.5 cm³/mol. The van der Waals surface area contributed by atoms with Gasteiger partial charge in [0.1, 0.15) is 11.4 Å². The molecule has 2 fully saturated rings. The molecule has 2 N–H and O–H groups in total. The predicted octanol–water partition coefficient (Wildman–Crippen LogP) is 1.36. The second-order valence-electron chi connectivity index (χ2n) is 7.45. The maximum Gasteiger partial charge on any atom is 0.245 e. The molecule has 132 valence electrons. The monoisotopic (exact) mass is 352 g/mol. The number of ether oxygens (including phenoxy) is 1. The highest BCUT2D eigenvalue weighted by Crippen LogP contribution is 2.49. The van der Waals surface area contributed by atoms with Crippen molar-refractivity contribution in [1.82, 2.24) is 4.90 Å². The number of rotatable bonds is 3. The number of nitrogens with zero attached hydrogens (tertiary/aromatic N) is 1. The van der Waals surface area contributed by atoms with Crippen LogP contribution in [-0.2, 0) is 19.4 Å². The van der Waals surface area contributed by atoms with Gasteiger partial charge in [-0.3, -0.25) is 9.69 Å². The summed E-state index contributed by atoms with van der Waals surface area (Å²) in [5, 5.41) is -1.19. The lowest BCUT2D eigenvalue weighted by Gasteiger charge is -2.37. The second kappa shape index (κ2) is 5.28. The summed E-state index contributed by atoms with van der Waals surface area (Å²) in [5.74, 6) is -1.11. The summed E-state index contributed by atoms with van der Waals surface area (Å²) in [7, 11) is -3.84. The van der Waals surface area contributed by atoms with Crippen LogP contribution in [0.4, 0.5) is 0 Å². The van der Waals surface area contributed by atoms with E-state index in [1.165, 1.54) is 17.0 Å². The molecule has 2 saturated heterocycles. The summed E-state index contributed by atoms with van der Waals surface area (Å²) in [6.45, 7) is 7.42. The first-order valence-corrected chi connectivity index (χ1v) is 9.64. The number of sulfone groups is 1. The minimum absolute atomic E-state index is 0.0927. The highest BCUT2D eigenvalue weighted by atomic mass is 32.2. The number of hydrogen-bond donors (Lipinski definition) is 1. The number of carbonyl (C=O) groups is 1. The summed E-state index contributed by atoms with van der Waals surface area (Å²) in [5.41, 5.74) is 4.53. The van der Waals surface area contributed by atoms with Gasteiger partial charge in [0.2, 0.25) is 5.91 Å². The van der Waals surface area contributed by atoms with E-state index in [9.17, 15) is 13.2 Å². The van der Waals surface area contributed by atoms with Crippen molar-refractivity contribution in [2.75, 3.05) is 6.61 Å². The topological polar surface area (TPSA) is 89.7 Å². The van der Waals surface area contributed by atoms with Crippen LogP contribution in [0.1, 0.15) is 27.7 Å². The number of nitrogens with two attached hydrogens (primary N) is 1. The Morgan fingerprint density at radius 3 is 2.38 bits per heavy atom. The van der Waals surface area contributed by atoms with E-state index >= 15 is 0 Å². The van der Waals surface area contributed by atoms with Gasteiger partial charge >= 0.3 is 0 Å². The van der Waals surface area contributed by atoms with Crippen molar-refractivity contribution in [3.63, 3.8) is 0 Å². The van der Waals surface area contributed by atoms with Gasteiger partial charge in [0.25, 0.3) is 0 Å². The van der Waals surface area contributed by atoms with Crippen LogP contribution < -0.4 is 5.73 Å². The Labute approximate surface area is 142 Å². The Kier molecular flexibility index (Phi) is 3.82. The smallest absolute Gasteiger partial charge is 0.245 e. The molecule has 24 heavy (non-hydrogen) atoms. The van der Waals surface area contributed by atoms with Crippen LogP contribution in [0.2, 0.25) is 0 Å². The first-order valence-electron chi connectivity index (χ1n) is 8.09. The van der Waals surface area contributed by atoms with Gasteiger partial charge in [0.05, 0.1) is 11.5 Å². The van der Waals surface area contributed by atoms with E-state index in [0.717, 1.165) is 0 Å². The first kappa shape index (κ1) is 17.4. The molecule has 0 unspecified atom stereocenters. The standard InChI is InChI=1S/C17H24N2O4S/c1-11(2)13-14(24(21,22)12-8-6-5-7-9-12)15(20)19-16(3,4)23-10-17(13,19)18/h5-9,11,13-14H,10,18H2,1-4H3/t13-,14-,17+/m0/s1. The summed E-state index contributed by atoms with van der Waals surface area (Å²) < 4.78 is 32.1. The molecule has 0 radical (unpaired) electrons. The van der Waals surface area contributed by atoms with Crippen LogP contribution in [0, 0.1) is 11.8 Å². The van der Waals surface area contributed by atoms with Gasteiger partial charge in [-0.25, -0.2) is 8.42 Å². The van der Waals surface area contributed by atoms with Crippen LogP contribution in [0.15, 0.2) is 35.2 Å². The third-order valence-electron chi connectivity index (χ3n) is 5.10. The van der Waals surface area contributed by atoms with Gasteiger partial charge in [-0.2, -0.15) is 0 Å². The van der Waals surface area contributed by atoms with E-state index < -0.39 is 38.3 Å². The van der Waals surface area contributed by atoms with Gasteiger partial charge < -0.3 is 10.5 Å². The van der Waals surface area contributed by atoms with Crippen molar-refractivity contribution in [2.24, 2.45) is 17.6 Å². The number of hydrogen-bond acceptors (Lipinski definition) is 5. The molecule has 1 amide bonds. The Morgan fingerprint density at radius 1 is 1.25 bits per heavy atom. The highest BCUT2D eigenvalue weighted by molar-refractivity contribution is 7.92. The molecule has 2 aliphatic heterocycles. The maximum absolute atomic E-state index is 13.2. The molecular weight excluding hydrogens is 328 g/mol. The molecule has 1 aromatic rings. The number of amides is 1. The zero-order valence-electron chi connectivity index (χ0n) is 14.4. The first-order chi connectivity index (χ1) is 11.0. The molecule has 0 aromatic heterocycles. The molecule has 2 aliphatic rings. The van der Waals surface area contributed by atoms with Crippen molar-refractivity contribution < 1.29 is 17.9 Å². The Morgan fingerprint density at radius 2 is 1.83 bits per heavy atom. The SMILES string of the molecule is CC(C)[C@H]1[C@H](S(=O)(=O)c2ccccc2)C(=O)N2C(C)(C)OC[C@]12N. The Hall–Kier alpha value is -1.44. The highest BCUT2D eigenvalue weighted by Gasteiger charge is 2.68. The third-order valence-corrected chi connectivity index (χ3v) is 7.20. The van der Waals surface area contributed by atoms with Gasteiger partial charge in [0, 0.05) is 5.92 Å². The van der Waals surface area contributed by atoms with Crippen LogP contribution in [0.3, 0.4) is 0 Å². The molecule has 0 saturated carbocycles. The third kappa shape index (κ3) is 2.22. The minimum Gasteiger partial charge on any atom is -0.352 e. The average Bonchev–Trinajstić information content (AvgIpc) is 2.89. The lowest BCUT2D eigenvalue weighted by molar-refractivity contribution is -0.143. The molecule has 2 heterocycles. The second-order valence-corrected chi connectivity index (χ2v) is 9.52. The van der Waals surface area contributed by atoms with Crippen molar-refractivity contribution >= 4 is 15.7 Å². The van der Waals surface area contributed by atoms with Gasteiger partial charge in [-0.15, -0.1) is 0 Å². The molecule has 0 spiro atoms. The molecule has 0 aliphatic carbocycles. The zero-order chi connectivity index (χ0) is 17.9. The summed E-state index contributed by atoms with van der Waals surface area (Å²) in [6, 6.07) is 8.10. The number of fused-ring (bicyclic) bond motifs is 1. The fraction of sp³-hybridized carbons (Fsp3) is 0.588. The molecule has 7 heteroatoms. The Balaban J connectivity index is 2.16. The largest absolute Gasteiger partial charge is 0.352 e. The molecule has 6 nitrogen and oxygen atoms in total. The van der Waals surface area contributed by atoms with E-state index in [4.69, 9.17) is 10.5 Å². The molecule has 3 atom stereocenters. The van der Waals surface area contributed by atoms with E-state index in [0.29, 0.717) is 0 Å². The van der Waals surface area contributed by atoms with Crippen LogP contribution >= 0.6 is 0 Å². The van der Waals surface area contributed by atoms with E-state index in [2.05, 4.69) is 0 Å². The summed E-state index contributed by atoms with van der Waals surface area (Å²) >= 11 is 0. The maximum atomic E-state index is 13.2. The van der Waals surface area contributed by atoms with Crippen molar-refractivity contribution in [3.8, 4) is 0 Å². The quantitative estimate of drug-likeness (QED) is 0.887. The summed E-state index contributed by atoms with van der Waals surface area (Å²) in [4.78, 5) is 14.7. The van der Waals surface area contributed by atoms with E-state index in [1.807, 2.05) is 13.8 Å². The van der Waals surface area contributed by atoms with E-state index in [1.54, 1.807) is 32.0 Å². The number of carbonyl (C=O) groups excluding carboxylic acids is 1. The van der Waals surface area contributed by atoms with Gasteiger partial charge in [-0.1, -0.05) is 32.0 Å². The van der Waals surface area contributed by atoms with Gasteiger partial charge in [-0.05, 0) is 31.9 Å². The summed E-state index contributed by atoms with van der Waals surface area (Å²) in [6.07, 6.45) is 0. The number of benzene rings is 1. The molecular formula is C17H24N2O4S. The van der Waals surface area contributed by atoms with Crippen LogP contribution in [0.25, 0.3) is 0 Å². The fourth-order valence-electron chi connectivity index (χ4n) is 4.19.